The molecule has 2 unspecified atom stereocenters. The van der Waals surface area contributed by atoms with Gasteiger partial charge in [-0.15, -0.1) is 0 Å². The van der Waals surface area contributed by atoms with Crippen LogP contribution >= 0.6 is 0 Å². The van der Waals surface area contributed by atoms with Crippen molar-refractivity contribution in [3.05, 3.63) is 80.9 Å². The fourth-order valence-electron chi connectivity index (χ4n) is 4.77. The maximum absolute atomic E-state index is 2.50. The average molecular weight is 472 g/mol. The van der Waals surface area contributed by atoms with E-state index < -0.39 is 23.2 Å². The van der Waals surface area contributed by atoms with E-state index in [0.717, 1.165) is 0 Å². The summed E-state index contributed by atoms with van der Waals surface area (Å²) in [6.45, 7) is 14.0. The Labute approximate surface area is 185 Å². The molecule has 0 nitrogen and oxygen atoms in total. The van der Waals surface area contributed by atoms with Crippen molar-refractivity contribution < 1.29 is 32.6 Å². The van der Waals surface area contributed by atoms with Crippen molar-refractivity contribution in [2.75, 3.05) is 0 Å². The van der Waals surface area contributed by atoms with Crippen molar-refractivity contribution in [3.63, 3.8) is 0 Å². The minimum absolute atomic E-state index is 0. The van der Waals surface area contributed by atoms with Crippen LogP contribution < -0.4 is 9.41 Å². The van der Waals surface area contributed by atoms with Crippen LogP contribution in [0.2, 0.25) is 0 Å². The smallest absolute Gasteiger partial charge is 1.00 e. The van der Waals surface area contributed by atoms with Gasteiger partial charge < -0.3 is 9.41 Å². The molecule has 2 aromatic rings. The van der Waals surface area contributed by atoms with E-state index in [2.05, 4.69) is 90.1 Å². The fraction of sp³-hybridized carbons (Fsp3) is 0.385. The molecule has 4 rings (SSSR count). The van der Waals surface area contributed by atoms with E-state index in [9.17, 15) is 0 Å². The minimum Gasteiger partial charge on any atom is -1.00 e. The van der Waals surface area contributed by atoms with Gasteiger partial charge in [-0.1, -0.05) is 0 Å². The van der Waals surface area contributed by atoms with Gasteiger partial charge in [0.25, 0.3) is 0 Å². The summed E-state index contributed by atoms with van der Waals surface area (Å²) in [4.78, 5) is 0. The van der Waals surface area contributed by atoms with Crippen LogP contribution in [0.15, 0.2) is 47.5 Å². The fourth-order valence-corrected chi connectivity index (χ4v) is 9.41. The first-order valence-corrected chi connectivity index (χ1v) is 13.1. The van der Waals surface area contributed by atoms with E-state index >= 15 is 0 Å². The molecule has 152 valence electrons. The second-order valence-electron chi connectivity index (χ2n) is 8.82. The quantitative estimate of drug-likeness (QED) is 0.636. The molecule has 0 saturated heterocycles. The third-order valence-electron chi connectivity index (χ3n) is 6.20. The van der Waals surface area contributed by atoms with E-state index in [1.165, 1.54) is 22.3 Å². The Morgan fingerprint density at radius 1 is 0.655 bits per heavy atom. The molecule has 0 heterocycles. The Hall–Kier alpha value is -1.34. The molecule has 2 aliphatic carbocycles. The Balaban J connectivity index is 0.00000150. The van der Waals surface area contributed by atoms with E-state index in [1.54, 1.807) is 22.3 Å². The molecule has 2 aromatic carbocycles. The zero-order chi connectivity index (χ0) is 19.3. The third kappa shape index (κ3) is 4.13. The van der Waals surface area contributed by atoms with Crippen LogP contribution in [0.5, 0.6) is 0 Å². The van der Waals surface area contributed by atoms with Gasteiger partial charge in [-0.05, 0) is 0 Å². The zero-order valence-electron chi connectivity index (χ0n) is 18.2. The van der Waals surface area contributed by atoms with Crippen molar-refractivity contribution in [1.29, 1.82) is 0 Å². The molecular formula is C26H30F2Zr. The van der Waals surface area contributed by atoms with Crippen LogP contribution in [0.25, 0.3) is 12.2 Å². The molecule has 0 radical (unpaired) electrons. The number of hydrogen-bond acceptors (Lipinski definition) is 0. The molecule has 0 fully saturated rings. The number of hydrogen-bond donors (Lipinski definition) is 0. The van der Waals surface area contributed by atoms with E-state index in [1.807, 2.05) is 0 Å². The molecule has 0 aromatic heterocycles. The Kier molecular flexibility index (Phi) is 7.60. The molecule has 2 aliphatic rings. The Bertz CT molecular complexity index is 876. The van der Waals surface area contributed by atoms with Crippen LogP contribution in [0.4, 0.5) is 0 Å². The van der Waals surface area contributed by atoms with Gasteiger partial charge in [0.15, 0.2) is 0 Å². The topological polar surface area (TPSA) is 0 Å². The molecule has 0 saturated carbocycles. The average Bonchev–Trinajstić information content (AvgIpc) is 3.11. The molecular weight excluding hydrogens is 442 g/mol. The Morgan fingerprint density at radius 3 is 1.38 bits per heavy atom. The predicted octanol–water partition coefficient (Wildman–Crippen LogP) is 1.64. The first-order valence-electron chi connectivity index (χ1n) is 10.3. The number of fused-ring (bicyclic) bond motifs is 2. The van der Waals surface area contributed by atoms with Crippen molar-refractivity contribution in [2.45, 2.75) is 60.6 Å². The second-order valence-corrected chi connectivity index (χ2v) is 12.5. The predicted molar refractivity (Wildman–Crippen MR) is 114 cm³/mol. The van der Waals surface area contributed by atoms with Crippen LogP contribution in [-0.4, -0.2) is 0 Å². The van der Waals surface area contributed by atoms with Gasteiger partial charge in [0.1, 0.15) is 0 Å². The Morgan fingerprint density at radius 2 is 1.03 bits per heavy atom. The van der Waals surface area contributed by atoms with Crippen molar-refractivity contribution in [3.8, 4) is 0 Å². The van der Waals surface area contributed by atoms with E-state index in [0.29, 0.717) is 19.1 Å². The van der Waals surface area contributed by atoms with Gasteiger partial charge in [-0.2, -0.15) is 0 Å². The molecule has 3 heteroatoms. The molecule has 29 heavy (non-hydrogen) atoms. The first-order chi connectivity index (χ1) is 12.9. The van der Waals surface area contributed by atoms with Crippen molar-refractivity contribution in [1.82, 2.24) is 0 Å². The minimum atomic E-state index is -0.714. The van der Waals surface area contributed by atoms with Crippen molar-refractivity contribution in [2.24, 2.45) is 0 Å². The number of rotatable bonds is 4. The van der Waals surface area contributed by atoms with E-state index in [-0.39, 0.29) is 9.41 Å². The monoisotopic (exact) mass is 470 g/mol. The number of benzene rings is 2. The van der Waals surface area contributed by atoms with Crippen LogP contribution in [0.1, 0.15) is 94.0 Å². The number of allylic oxidation sites excluding steroid dienone is 2. The molecule has 0 amide bonds. The zero-order valence-corrected chi connectivity index (χ0v) is 20.6. The second kappa shape index (κ2) is 9.21. The largest absolute Gasteiger partial charge is 1.00 e. The van der Waals surface area contributed by atoms with Gasteiger partial charge in [0.2, 0.25) is 0 Å². The maximum Gasteiger partial charge on any atom is -1.00 e. The molecule has 0 N–H and O–H groups in total. The van der Waals surface area contributed by atoms with Crippen LogP contribution in [-0.2, 0) is 23.2 Å². The van der Waals surface area contributed by atoms with Gasteiger partial charge in [0, 0.05) is 0 Å². The normalized spacial score (nSPS) is 19.0. The third-order valence-corrected chi connectivity index (χ3v) is 11.6. The van der Waals surface area contributed by atoms with E-state index in [4.69, 9.17) is 0 Å². The van der Waals surface area contributed by atoms with Crippen LogP contribution in [0, 0.1) is 0 Å². The summed E-state index contributed by atoms with van der Waals surface area (Å²) < 4.78 is 1.42. The summed E-state index contributed by atoms with van der Waals surface area (Å²) in [5.74, 6) is 1.19. The summed E-state index contributed by atoms with van der Waals surface area (Å²) >= 11 is -0.714. The first kappa shape index (κ1) is 23.9. The van der Waals surface area contributed by atoms with Gasteiger partial charge >= 0.3 is 177 Å². The summed E-state index contributed by atoms with van der Waals surface area (Å²) in [6, 6.07) is 14.0. The SMILES string of the molecule is CC1=Cc2c(C(C)C)cccc2[CH]1[Zr+2][CH]1C(C)=Cc2c(C(C)C)cccc21.[F-].[F-]. The van der Waals surface area contributed by atoms with Gasteiger partial charge in [0.05, 0.1) is 0 Å². The standard InChI is InChI=1S/2C13H15.2FH.Zr/c2*1-9(2)12-6-4-5-11-7-10(3)8-13(11)12;;;/h2*4-9H,1-3H3;2*1H;/q;;;;+2/p-2. The molecule has 0 aliphatic heterocycles. The van der Waals surface area contributed by atoms with Gasteiger partial charge in [-0.3, -0.25) is 0 Å². The van der Waals surface area contributed by atoms with Crippen LogP contribution in [0.3, 0.4) is 0 Å². The van der Waals surface area contributed by atoms with Crippen molar-refractivity contribution >= 4 is 12.2 Å². The van der Waals surface area contributed by atoms with Gasteiger partial charge in [-0.25, -0.2) is 0 Å². The summed E-state index contributed by atoms with van der Waals surface area (Å²) in [6.07, 6.45) is 4.99. The summed E-state index contributed by atoms with van der Waals surface area (Å²) in [5.41, 5.74) is 12.6. The maximum atomic E-state index is 2.50. The number of halogens is 2. The molecule has 0 bridgehead atoms. The molecule has 2 atom stereocenters. The molecule has 0 spiro atoms. The summed E-state index contributed by atoms with van der Waals surface area (Å²) in [5, 5.41) is 0. The summed E-state index contributed by atoms with van der Waals surface area (Å²) in [7, 11) is 0.